The molecule has 2 aliphatic rings. The molecule has 1 aliphatic heterocycles. The fourth-order valence-electron chi connectivity index (χ4n) is 4.60. The molecular weight excluding hydrogens is 408 g/mol. The second-order valence-electron chi connectivity index (χ2n) is 7.97. The SMILES string of the molecule is COc1ccc(NS(=O)(=O)c2ccc3c(c2)[C@H]2C=CC[C@H]2[C@H](c2ccccc2)N3)cc1. The molecule has 0 saturated carbocycles. The molecule has 5 nitrogen and oxygen atoms in total. The zero-order chi connectivity index (χ0) is 21.4. The van der Waals surface area contributed by atoms with E-state index in [4.69, 9.17) is 4.74 Å². The van der Waals surface area contributed by atoms with E-state index in [0.717, 1.165) is 17.7 Å². The van der Waals surface area contributed by atoms with Crippen molar-refractivity contribution in [3.63, 3.8) is 0 Å². The van der Waals surface area contributed by atoms with Gasteiger partial charge in [-0.2, -0.15) is 0 Å². The second kappa shape index (κ2) is 7.78. The second-order valence-corrected chi connectivity index (χ2v) is 9.65. The van der Waals surface area contributed by atoms with Crippen molar-refractivity contribution < 1.29 is 13.2 Å². The van der Waals surface area contributed by atoms with Gasteiger partial charge in [-0.1, -0.05) is 42.5 Å². The quantitative estimate of drug-likeness (QED) is 0.535. The summed E-state index contributed by atoms with van der Waals surface area (Å²) in [4.78, 5) is 0.265. The summed E-state index contributed by atoms with van der Waals surface area (Å²) in [5.41, 5.74) is 3.78. The van der Waals surface area contributed by atoms with Gasteiger partial charge < -0.3 is 10.1 Å². The lowest BCUT2D eigenvalue weighted by molar-refractivity contribution is 0.415. The monoisotopic (exact) mass is 432 g/mol. The van der Waals surface area contributed by atoms with Crippen molar-refractivity contribution in [2.45, 2.75) is 23.3 Å². The van der Waals surface area contributed by atoms with Gasteiger partial charge in [0.15, 0.2) is 0 Å². The highest BCUT2D eigenvalue weighted by molar-refractivity contribution is 7.92. The van der Waals surface area contributed by atoms with Crippen LogP contribution in [0.5, 0.6) is 5.75 Å². The highest BCUT2D eigenvalue weighted by Crippen LogP contribution is 2.50. The fraction of sp³-hybridized carbons (Fsp3) is 0.200. The molecule has 3 aromatic rings. The summed E-state index contributed by atoms with van der Waals surface area (Å²) in [6, 6.07) is 22.8. The molecule has 6 heteroatoms. The number of allylic oxidation sites excluding steroid dienone is 2. The maximum atomic E-state index is 13.0. The molecule has 158 valence electrons. The van der Waals surface area contributed by atoms with Gasteiger partial charge >= 0.3 is 0 Å². The largest absolute Gasteiger partial charge is 0.497 e. The Morgan fingerprint density at radius 2 is 1.77 bits per heavy atom. The minimum absolute atomic E-state index is 0.192. The van der Waals surface area contributed by atoms with E-state index in [1.54, 1.807) is 37.4 Å². The maximum Gasteiger partial charge on any atom is 0.261 e. The molecule has 0 spiro atoms. The number of hydrogen-bond donors (Lipinski definition) is 2. The summed E-state index contributed by atoms with van der Waals surface area (Å²) in [6.45, 7) is 0. The standard InChI is InChI=1S/C25H24N2O3S/c1-30-19-12-10-18(11-13-19)27-31(28,29)20-14-15-24-23(16-20)21-8-5-9-22(21)25(26-24)17-6-3-2-4-7-17/h2-8,10-16,21-22,25-27H,9H2,1H3/t21-,22+,25-/m0/s1. The number of hydrogen-bond acceptors (Lipinski definition) is 4. The Balaban J connectivity index is 1.46. The number of benzene rings is 3. The number of fused-ring (bicyclic) bond motifs is 3. The van der Waals surface area contributed by atoms with Gasteiger partial charge in [0.1, 0.15) is 5.75 Å². The van der Waals surface area contributed by atoms with E-state index in [2.05, 4.69) is 46.5 Å². The van der Waals surface area contributed by atoms with Crippen LogP contribution < -0.4 is 14.8 Å². The van der Waals surface area contributed by atoms with Crippen LogP contribution in [0.2, 0.25) is 0 Å². The lowest BCUT2D eigenvalue weighted by Gasteiger charge is -2.37. The molecule has 3 aromatic carbocycles. The van der Waals surface area contributed by atoms with Crippen LogP contribution in [0.4, 0.5) is 11.4 Å². The molecule has 1 heterocycles. The van der Waals surface area contributed by atoms with Crippen molar-refractivity contribution in [3.8, 4) is 5.75 Å². The zero-order valence-corrected chi connectivity index (χ0v) is 18.0. The molecular formula is C25H24N2O3S. The van der Waals surface area contributed by atoms with Crippen LogP contribution in [0, 0.1) is 5.92 Å². The van der Waals surface area contributed by atoms with Gasteiger partial charge in [-0.05, 0) is 65.9 Å². The molecule has 0 unspecified atom stereocenters. The van der Waals surface area contributed by atoms with Crippen LogP contribution in [0.3, 0.4) is 0 Å². The predicted octanol–water partition coefficient (Wildman–Crippen LogP) is 5.32. The summed E-state index contributed by atoms with van der Waals surface area (Å²) in [5.74, 6) is 1.23. The fourth-order valence-corrected chi connectivity index (χ4v) is 5.70. The Morgan fingerprint density at radius 1 is 1.00 bits per heavy atom. The van der Waals surface area contributed by atoms with Gasteiger partial charge in [-0.15, -0.1) is 0 Å². The van der Waals surface area contributed by atoms with Crippen molar-refractivity contribution in [1.82, 2.24) is 0 Å². The topological polar surface area (TPSA) is 67.4 Å². The highest BCUT2D eigenvalue weighted by atomic mass is 32.2. The van der Waals surface area contributed by atoms with E-state index in [1.165, 1.54) is 5.56 Å². The molecule has 31 heavy (non-hydrogen) atoms. The van der Waals surface area contributed by atoms with Crippen molar-refractivity contribution in [2.24, 2.45) is 5.92 Å². The van der Waals surface area contributed by atoms with Crippen LogP contribution in [-0.2, 0) is 10.0 Å². The number of sulfonamides is 1. The molecule has 0 aromatic heterocycles. The number of anilines is 2. The van der Waals surface area contributed by atoms with Gasteiger partial charge in [-0.25, -0.2) is 8.42 Å². The summed E-state index contributed by atoms with van der Waals surface area (Å²) >= 11 is 0. The number of rotatable bonds is 5. The Bertz CT molecular complexity index is 1220. The average molecular weight is 433 g/mol. The van der Waals surface area contributed by atoms with Gasteiger partial charge in [-0.3, -0.25) is 4.72 Å². The maximum absolute atomic E-state index is 13.0. The first-order valence-electron chi connectivity index (χ1n) is 10.3. The lowest BCUT2D eigenvalue weighted by Crippen LogP contribution is -2.29. The summed E-state index contributed by atoms with van der Waals surface area (Å²) in [6.07, 6.45) is 5.39. The van der Waals surface area contributed by atoms with Crippen LogP contribution >= 0.6 is 0 Å². The van der Waals surface area contributed by atoms with Crippen LogP contribution in [0.1, 0.15) is 29.5 Å². The summed E-state index contributed by atoms with van der Waals surface area (Å²) < 4.78 is 33.9. The molecule has 0 amide bonds. The normalized spacial score (nSPS) is 21.6. The van der Waals surface area contributed by atoms with Crippen molar-refractivity contribution in [1.29, 1.82) is 0 Å². The average Bonchev–Trinajstić information content (AvgIpc) is 3.29. The molecule has 0 bridgehead atoms. The van der Waals surface area contributed by atoms with Gasteiger partial charge in [0.05, 0.1) is 18.0 Å². The van der Waals surface area contributed by atoms with Crippen molar-refractivity contribution >= 4 is 21.4 Å². The molecule has 5 rings (SSSR count). The summed E-state index contributed by atoms with van der Waals surface area (Å²) in [7, 11) is -2.13. The van der Waals surface area contributed by atoms with Crippen LogP contribution in [0.15, 0.2) is 89.8 Å². The van der Waals surface area contributed by atoms with E-state index in [-0.39, 0.29) is 16.9 Å². The Hall–Kier alpha value is -3.25. The summed E-state index contributed by atoms with van der Waals surface area (Å²) in [5, 5.41) is 3.66. The molecule has 0 fully saturated rings. The van der Waals surface area contributed by atoms with E-state index in [1.807, 2.05) is 18.2 Å². The first-order valence-corrected chi connectivity index (χ1v) is 11.8. The third-order valence-electron chi connectivity index (χ3n) is 6.15. The van der Waals surface area contributed by atoms with E-state index < -0.39 is 10.0 Å². The minimum Gasteiger partial charge on any atom is -0.497 e. The zero-order valence-electron chi connectivity index (χ0n) is 17.2. The highest BCUT2D eigenvalue weighted by Gasteiger charge is 2.38. The number of ether oxygens (including phenoxy) is 1. The third kappa shape index (κ3) is 3.68. The van der Waals surface area contributed by atoms with Crippen LogP contribution in [0.25, 0.3) is 0 Å². The van der Waals surface area contributed by atoms with Gasteiger partial charge in [0.25, 0.3) is 10.0 Å². The van der Waals surface area contributed by atoms with Gasteiger partial charge in [0.2, 0.25) is 0 Å². The third-order valence-corrected chi connectivity index (χ3v) is 7.52. The Labute approximate surface area is 182 Å². The molecule has 3 atom stereocenters. The molecule has 1 aliphatic carbocycles. The number of methoxy groups -OCH3 is 1. The number of nitrogens with one attached hydrogen (secondary N) is 2. The van der Waals surface area contributed by atoms with Crippen LogP contribution in [-0.4, -0.2) is 15.5 Å². The van der Waals surface area contributed by atoms with E-state index in [9.17, 15) is 8.42 Å². The smallest absolute Gasteiger partial charge is 0.261 e. The minimum atomic E-state index is -3.70. The lowest BCUT2D eigenvalue weighted by atomic mass is 9.77. The Kier molecular flexibility index (Phi) is 4.94. The first kappa shape index (κ1) is 19.7. The van der Waals surface area contributed by atoms with E-state index in [0.29, 0.717) is 17.4 Å². The first-order chi connectivity index (χ1) is 15.0. The van der Waals surface area contributed by atoms with Crippen molar-refractivity contribution in [3.05, 3.63) is 96.1 Å². The molecule has 0 radical (unpaired) electrons. The van der Waals surface area contributed by atoms with Gasteiger partial charge in [0, 0.05) is 17.3 Å². The van der Waals surface area contributed by atoms with E-state index >= 15 is 0 Å². The molecule has 0 saturated heterocycles. The predicted molar refractivity (Wildman–Crippen MR) is 123 cm³/mol. The van der Waals surface area contributed by atoms with Crippen molar-refractivity contribution in [2.75, 3.05) is 17.1 Å². The molecule has 2 N–H and O–H groups in total. The Morgan fingerprint density at radius 3 is 2.52 bits per heavy atom.